The number of amides is 1. The second kappa shape index (κ2) is 15.9. The number of nitrogens with one attached hydrogen (secondary N) is 1. The molecule has 0 heterocycles. The largest absolute Gasteiger partial charge is 0.326 e. The van der Waals surface area contributed by atoms with Gasteiger partial charge in [-0.15, -0.1) is 0 Å². The summed E-state index contributed by atoms with van der Waals surface area (Å²) < 4.78 is 0. The van der Waals surface area contributed by atoms with Crippen molar-refractivity contribution < 1.29 is 4.79 Å². The van der Waals surface area contributed by atoms with Crippen molar-refractivity contribution in [3.05, 3.63) is 29.8 Å². The fourth-order valence-corrected chi connectivity index (χ4v) is 3.35. The molecular formula is C24H41NO. The van der Waals surface area contributed by atoms with Gasteiger partial charge in [0.05, 0.1) is 0 Å². The summed E-state index contributed by atoms with van der Waals surface area (Å²) >= 11 is 0. The summed E-state index contributed by atoms with van der Waals surface area (Å²) in [6.07, 6.45) is 19.1. The van der Waals surface area contributed by atoms with E-state index in [0.717, 1.165) is 18.5 Å². The first-order chi connectivity index (χ1) is 12.8. The van der Waals surface area contributed by atoms with Crippen molar-refractivity contribution >= 4 is 11.6 Å². The Kier molecular flexibility index (Phi) is 13.9. The molecule has 0 aliphatic rings. The molecule has 2 heteroatoms. The van der Waals surface area contributed by atoms with Crippen LogP contribution in [0.3, 0.4) is 0 Å². The normalized spacial score (nSPS) is 10.8. The van der Waals surface area contributed by atoms with Crippen LogP contribution in [0.1, 0.15) is 109 Å². The molecule has 148 valence electrons. The number of aryl methyl sites for hydroxylation is 1. The van der Waals surface area contributed by atoms with Gasteiger partial charge in [0.1, 0.15) is 0 Å². The molecule has 0 saturated carbocycles. The van der Waals surface area contributed by atoms with E-state index in [1.807, 2.05) is 12.1 Å². The number of carbonyl (C=O) groups is 1. The summed E-state index contributed by atoms with van der Waals surface area (Å²) in [5.41, 5.74) is 2.22. The summed E-state index contributed by atoms with van der Waals surface area (Å²) in [6, 6.07) is 8.17. The minimum Gasteiger partial charge on any atom is -0.326 e. The van der Waals surface area contributed by atoms with Gasteiger partial charge < -0.3 is 5.32 Å². The van der Waals surface area contributed by atoms with Gasteiger partial charge in [-0.3, -0.25) is 4.79 Å². The number of hydrogen-bond acceptors (Lipinski definition) is 1. The second-order valence-electron chi connectivity index (χ2n) is 7.59. The van der Waals surface area contributed by atoms with Crippen LogP contribution in [0.15, 0.2) is 24.3 Å². The van der Waals surface area contributed by atoms with Crippen LogP contribution in [0.4, 0.5) is 5.69 Å². The van der Waals surface area contributed by atoms with E-state index in [9.17, 15) is 4.79 Å². The second-order valence-corrected chi connectivity index (χ2v) is 7.59. The van der Waals surface area contributed by atoms with Crippen LogP contribution in [0.2, 0.25) is 0 Å². The zero-order valence-corrected chi connectivity index (χ0v) is 17.3. The van der Waals surface area contributed by atoms with E-state index in [4.69, 9.17) is 0 Å². The number of unbranched alkanes of at least 4 members (excludes halogenated alkanes) is 12. The highest BCUT2D eigenvalue weighted by atomic mass is 16.1. The summed E-state index contributed by atoms with van der Waals surface area (Å²) in [5, 5.41) is 3.00. The van der Waals surface area contributed by atoms with Crippen LogP contribution >= 0.6 is 0 Å². The molecule has 26 heavy (non-hydrogen) atoms. The van der Waals surface area contributed by atoms with E-state index >= 15 is 0 Å². The fourth-order valence-electron chi connectivity index (χ4n) is 3.35. The molecule has 0 aromatic heterocycles. The fraction of sp³-hybridized carbons (Fsp3) is 0.708. The van der Waals surface area contributed by atoms with Crippen LogP contribution < -0.4 is 5.32 Å². The third-order valence-corrected chi connectivity index (χ3v) is 5.15. The molecule has 1 aromatic rings. The summed E-state index contributed by atoms with van der Waals surface area (Å²) in [6.45, 7) is 4.42. The maximum absolute atomic E-state index is 12.0. The third-order valence-electron chi connectivity index (χ3n) is 5.15. The molecule has 0 radical (unpaired) electrons. The first-order valence-corrected chi connectivity index (χ1v) is 11.1. The van der Waals surface area contributed by atoms with Crippen LogP contribution in [0.5, 0.6) is 0 Å². The van der Waals surface area contributed by atoms with E-state index in [1.165, 1.54) is 82.6 Å². The van der Waals surface area contributed by atoms with Gasteiger partial charge in [-0.2, -0.15) is 0 Å². The van der Waals surface area contributed by atoms with E-state index in [0.29, 0.717) is 6.42 Å². The molecule has 1 aromatic carbocycles. The molecule has 0 bridgehead atoms. The molecular weight excluding hydrogens is 318 g/mol. The Morgan fingerprint density at radius 1 is 0.692 bits per heavy atom. The first-order valence-electron chi connectivity index (χ1n) is 11.1. The monoisotopic (exact) mass is 359 g/mol. The van der Waals surface area contributed by atoms with E-state index < -0.39 is 0 Å². The Morgan fingerprint density at radius 3 is 1.62 bits per heavy atom. The number of hydrogen-bond donors (Lipinski definition) is 1. The van der Waals surface area contributed by atoms with Crippen molar-refractivity contribution in [2.24, 2.45) is 0 Å². The lowest BCUT2D eigenvalue weighted by Gasteiger charge is -2.06. The Hall–Kier alpha value is -1.31. The van der Waals surface area contributed by atoms with Crippen LogP contribution in [-0.2, 0) is 11.2 Å². The number of rotatable bonds is 16. The zero-order valence-electron chi connectivity index (χ0n) is 17.3. The molecule has 2 nitrogen and oxygen atoms in total. The Labute approximate surface area is 162 Å². The average molecular weight is 360 g/mol. The lowest BCUT2D eigenvalue weighted by molar-refractivity contribution is -0.116. The SMILES string of the molecule is CCCCCCCCCCCCCCCC(=O)Nc1ccc(CC)cc1. The highest BCUT2D eigenvalue weighted by molar-refractivity contribution is 5.90. The standard InChI is InChI=1S/C24H41NO/c1-3-5-6-7-8-9-10-11-12-13-14-15-16-17-24(26)25-23-20-18-22(4-2)19-21-23/h18-21H,3-17H2,1-2H3,(H,25,26). The van der Waals surface area contributed by atoms with Crippen molar-refractivity contribution in [3.8, 4) is 0 Å². The van der Waals surface area contributed by atoms with Gasteiger partial charge >= 0.3 is 0 Å². The van der Waals surface area contributed by atoms with Gasteiger partial charge in [0, 0.05) is 12.1 Å². The zero-order chi connectivity index (χ0) is 18.9. The van der Waals surface area contributed by atoms with Crippen LogP contribution in [0.25, 0.3) is 0 Å². The predicted molar refractivity (Wildman–Crippen MR) is 115 cm³/mol. The third kappa shape index (κ3) is 12.1. The van der Waals surface area contributed by atoms with Crippen LogP contribution in [0, 0.1) is 0 Å². The Morgan fingerprint density at radius 2 is 1.15 bits per heavy atom. The smallest absolute Gasteiger partial charge is 0.224 e. The molecule has 0 spiro atoms. The van der Waals surface area contributed by atoms with Crippen LogP contribution in [-0.4, -0.2) is 5.91 Å². The average Bonchev–Trinajstić information content (AvgIpc) is 2.66. The van der Waals surface area contributed by atoms with Gasteiger partial charge in [0.25, 0.3) is 0 Å². The Bertz CT molecular complexity index is 452. The number of carbonyl (C=O) groups excluding carboxylic acids is 1. The molecule has 0 aliphatic heterocycles. The summed E-state index contributed by atoms with van der Waals surface area (Å²) in [7, 11) is 0. The predicted octanol–water partition coefficient (Wildman–Crippen LogP) is 7.67. The van der Waals surface area contributed by atoms with Gasteiger partial charge in [-0.25, -0.2) is 0 Å². The minimum atomic E-state index is 0.150. The van der Waals surface area contributed by atoms with E-state index in [2.05, 4.69) is 31.3 Å². The summed E-state index contributed by atoms with van der Waals surface area (Å²) in [4.78, 5) is 12.0. The first kappa shape index (κ1) is 22.7. The minimum absolute atomic E-state index is 0.150. The Balaban J connectivity index is 1.88. The maximum atomic E-state index is 12.0. The molecule has 0 saturated heterocycles. The molecule has 1 N–H and O–H groups in total. The molecule has 0 aliphatic carbocycles. The van der Waals surface area contributed by atoms with Crippen molar-refractivity contribution in [2.45, 2.75) is 110 Å². The van der Waals surface area contributed by atoms with Crippen molar-refractivity contribution in [3.63, 3.8) is 0 Å². The number of anilines is 1. The highest BCUT2D eigenvalue weighted by Crippen LogP contribution is 2.14. The maximum Gasteiger partial charge on any atom is 0.224 e. The van der Waals surface area contributed by atoms with Gasteiger partial charge in [-0.1, -0.05) is 103 Å². The van der Waals surface area contributed by atoms with E-state index in [-0.39, 0.29) is 5.91 Å². The van der Waals surface area contributed by atoms with Crippen molar-refractivity contribution in [1.82, 2.24) is 0 Å². The molecule has 0 atom stereocenters. The number of benzene rings is 1. The summed E-state index contributed by atoms with van der Waals surface area (Å²) in [5.74, 6) is 0.150. The van der Waals surface area contributed by atoms with Gasteiger partial charge in [-0.05, 0) is 30.5 Å². The molecule has 1 rings (SSSR count). The lowest BCUT2D eigenvalue weighted by atomic mass is 10.0. The van der Waals surface area contributed by atoms with Gasteiger partial charge in [0.15, 0.2) is 0 Å². The molecule has 0 unspecified atom stereocenters. The molecule has 1 amide bonds. The quantitative estimate of drug-likeness (QED) is 0.301. The van der Waals surface area contributed by atoms with Crippen molar-refractivity contribution in [2.75, 3.05) is 5.32 Å². The molecule has 0 fully saturated rings. The topological polar surface area (TPSA) is 29.1 Å². The lowest BCUT2D eigenvalue weighted by Crippen LogP contribution is -2.10. The van der Waals surface area contributed by atoms with Gasteiger partial charge in [0.2, 0.25) is 5.91 Å². The van der Waals surface area contributed by atoms with Crippen molar-refractivity contribution in [1.29, 1.82) is 0 Å². The van der Waals surface area contributed by atoms with E-state index in [1.54, 1.807) is 0 Å². The highest BCUT2D eigenvalue weighted by Gasteiger charge is 2.02.